The molecule has 2 heterocycles. The molecule has 2 aromatic rings. The Morgan fingerprint density at radius 2 is 1.62 bits per heavy atom. The van der Waals surface area contributed by atoms with Gasteiger partial charge < -0.3 is 24.2 Å². The van der Waals surface area contributed by atoms with Gasteiger partial charge in [0.1, 0.15) is 5.75 Å². The van der Waals surface area contributed by atoms with E-state index in [0.717, 1.165) is 11.1 Å². The SMILES string of the molecule is COc1ccc([C@@H]2[C@@H](C(=O)O)C(c3ccc4c(c3)OCO4)CN2CC(=O)N(CC(C)C)CC(C)C)cc1. The number of nitrogens with zero attached hydrogens (tertiary/aromatic N) is 2. The molecule has 3 atom stereocenters. The summed E-state index contributed by atoms with van der Waals surface area (Å²) in [6.45, 7) is 10.5. The highest BCUT2D eigenvalue weighted by Gasteiger charge is 2.48. The minimum Gasteiger partial charge on any atom is -0.497 e. The molecule has 2 aliphatic rings. The number of likely N-dealkylation sites (tertiary alicyclic amines) is 1. The second kappa shape index (κ2) is 11.4. The molecule has 1 saturated heterocycles. The van der Waals surface area contributed by atoms with E-state index in [0.29, 0.717) is 48.7 Å². The summed E-state index contributed by atoms with van der Waals surface area (Å²) in [5.74, 6) is 0.724. The average Bonchev–Trinajstić information content (AvgIpc) is 3.47. The smallest absolute Gasteiger partial charge is 0.309 e. The predicted molar refractivity (Wildman–Crippen MR) is 140 cm³/mol. The van der Waals surface area contributed by atoms with Crippen LogP contribution in [0.5, 0.6) is 17.2 Å². The van der Waals surface area contributed by atoms with Gasteiger partial charge in [-0.05, 0) is 47.2 Å². The van der Waals surface area contributed by atoms with Crippen molar-refractivity contribution in [1.82, 2.24) is 9.80 Å². The van der Waals surface area contributed by atoms with E-state index in [1.165, 1.54) is 0 Å². The number of rotatable bonds is 10. The zero-order valence-electron chi connectivity index (χ0n) is 22.3. The van der Waals surface area contributed by atoms with Crippen molar-refractivity contribution >= 4 is 11.9 Å². The highest BCUT2D eigenvalue weighted by atomic mass is 16.7. The van der Waals surface area contributed by atoms with Gasteiger partial charge in [-0.25, -0.2) is 0 Å². The molecule has 0 radical (unpaired) electrons. The predicted octanol–water partition coefficient (Wildman–Crippen LogP) is 4.41. The number of hydrogen-bond acceptors (Lipinski definition) is 6. The van der Waals surface area contributed by atoms with Crippen LogP contribution >= 0.6 is 0 Å². The third-order valence-electron chi connectivity index (χ3n) is 7.03. The molecule has 1 N–H and O–H groups in total. The zero-order valence-corrected chi connectivity index (χ0v) is 22.3. The number of amides is 1. The van der Waals surface area contributed by atoms with Gasteiger partial charge in [0, 0.05) is 31.6 Å². The maximum absolute atomic E-state index is 13.6. The van der Waals surface area contributed by atoms with E-state index in [9.17, 15) is 14.7 Å². The molecule has 0 spiro atoms. The lowest BCUT2D eigenvalue weighted by atomic mass is 9.82. The van der Waals surface area contributed by atoms with Crippen LogP contribution in [0.15, 0.2) is 42.5 Å². The van der Waals surface area contributed by atoms with E-state index < -0.39 is 17.9 Å². The number of carboxylic acids is 1. The van der Waals surface area contributed by atoms with Crippen molar-refractivity contribution in [1.29, 1.82) is 0 Å². The fraction of sp³-hybridized carbons (Fsp3) is 0.517. The molecule has 8 heteroatoms. The first kappa shape index (κ1) is 26.8. The number of fused-ring (bicyclic) bond motifs is 1. The van der Waals surface area contributed by atoms with Crippen LogP contribution in [0.4, 0.5) is 0 Å². The van der Waals surface area contributed by atoms with E-state index in [4.69, 9.17) is 14.2 Å². The van der Waals surface area contributed by atoms with Crippen molar-refractivity contribution in [3.63, 3.8) is 0 Å². The first-order valence-electron chi connectivity index (χ1n) is 13.0. The number of carboxylic acid groups (broad SMARTS) is 1. The molecule has 0 saturated carbocycles. The fourth-order valence-corrected chi connectivity index (χ4v) is 5.51. The van der Waals surface area contributed by atoms with Gasteiger partial charge >= 0.3 is 5.97 Å². The van der Waals surface area contributed by atoms with Gasteiger partial charge in [-0.2, -0.15) is 0 Å². The van der Waals surface area contributed by atoms with E-state index >= 15 is 0 Å². The van der Waals surface area contributed by atoms with Crippen molar-refractivity contribution in [2.45, 2.75) is 39.7 Å². The minimum absolute atomic E-state index is 0.0244. The largest absolute Gasteiger partial charge is 0.497 e. The Morgan fingerprint density at radius 3 is 2.22 bits per heavy atom. The van der Waals surface area contributed by atoms with E-state index in [1.54, 1.807) is 7.11 Å². The highest BCUT2D eigenvalue weighted by Crippen LogP contribution is 2.47. The maximum atomic E-state index is 13.6. The van der Waals surface area contributed by atoms with E-state index in [2.05, 4.69) is 27.7 Å². The quantitative estimate of drug-likeness (QED) is 0.507. The number of methoxy groups -OCH3 is 1. The minimum atomic E-state index is -0.889. The molecule has 0 aromatic heterocycles. The fourth-order valence-electron chi connectivity index (χ4n) is 5.51. The monoisotopic (exact) mass is 510 g/mol. The molecule has 37 heavy (non-hydrogen) atoms. The Balaban J connectivity index is 1.69. The molecule has 2 aromatic carbocycles. The summed E-state index contributed by atoms with van der Waals surface area (Å²) in [4.78, 5) is 30.3. The Hall–Kier alpha value is -3.26. The van der Waals surface area contributed by atoms with Gasteiger partial charge in [0.2, 0.25) is 12.7 Å². The van der Waals surface area contributed by atoms with Gasteiger partial charge in [-0.15, -0.1) is 0 Å². The normalized spacial score (nSPS) is 21.0. The van der Waals surface area contributed by atoms with Crippen molar-refractivity contribution in [2.75, 3.05) is 40.1 Å². The lowest BCUT2D eigenvalue weighted by Gasteiger charge is -2.31. The van der Waals surface area contributed by atoms with Crippen LogP contribution in [0.3, 0.4) is 0 Å². The summed E-state index contributed by atoms with van der Waals surface area (Å²) in [6.07, 6.45) is 0. The van der Waals surface area contributed by atoms with Crippen LogP contribution in [0.2, 0.25) is 0 Å². The number of aliphatic carboxylic acids is 1. The molecule has 2 aliphatic heterocycles. The second-order valence-electron chi connectivity index (χ2n) is 10.8. The Kier molecular flexibility index (Phi) is 8.27. The molecule has 200 valence electrons. The van der Waals surface area contributed by atoms with Crippen molar-refractivity contribution in [3.05, 3.63) is 53.6 Å². The number of benzene rings is 2. The molecule has 1 unspecified atom stereocenters. The van der Waals surface area contributed by atoms with Gasteiger partial charge in [0.15, 0.2) is 11.5 Å². The summed E-state index contributed by atoms with van der Waals surface area (Å²) in [5, 5.41) is 10.5. The molecule has 0 bridgehead atoms. The third kappa shape index (κ3) is 6.01. The summed E-state index contributed by atoms with van der Waals surface area (Å²) in [7, 11) is 1.60. The molecule has 4 rings (SSSR count). The molecule has 0 aliphatic carbocycles. The number of carbonyl (C=O) groups is 2. The molecule has 8 nitrogen and oxygen atoms in total. The van der Waals surface area contributed by atoms with Crippen molar-refractivity contribution < 1.29 is 28.9 Å². The number of hydrogen-bond donors (Lipinski definition) is 1. The van der Waals surface area contributed by atoms with Crippen molar-refractivity contribution in [2.24, 2.45) is 17.8 Å². The summed E-state index contributed by atoms with van der Waals surface area (Å²) in [5.41, 5.74) is 1.72. The molecule has 1 fully saturated rings. The van der Waals surface area contributed by atoms with Crippen molar-refractivity contribution in [3.8, 4) is 17.2 Å². The van der Waals surface area contributed by atoms with Crippen LogP contribution in [0, 0.1) is 17.8 Å². The van der Waals surface area contributed by atoms with Gasteiger partial charge in [-0.3, -0.25) is 14.5 Å². The van der Waals surface area contributed by atoms with Crippen LogP contribution in [0.25, 0.3) is 0 Å². The maximum Gasteiger partial charge on any atom is 0.309 e. The zero-order chi connectivity index (χ0) is 26.7. The Morgan fingerprint density at radius 1 is 1.00 bits per heavy atom. The first-order valence-corrected chi connectivity index (χ1v) is 13.0. The summed E-state index contributed by atoms with van der Waals surface area (Å²) in [6, 6.07) is 12.6. The van der Waals surface area contributed by atoms with Gasteiger partial charge in [0.05, 0.1) is 19.6 Å². The first-order chi connectivity index (χ1) is 17.7. The lowest BCUT2D eigenvalue weighted by Crippen LogP contribution is -2.44. The van der Waals surface area contributed by atoms with E-state index in [-0.39, 0.29) is 25.2 Å². The van der Waals surface area contributed by atoms with E-state index in [1.807, 2.05) is 52.3 Å². The molecule has 1 amide bonds. The summed E-state index contributed by atoms with van der Waals surface area (Å²) < 4.78 is 16.3. The van der Waals surface area contributed by atoms with Crippen LogP contribution in [-0.4, -0.2) is 66.9 Å². The van der Waals surface area contributed by atoms with Crippen LogP contribution in [-0.2, 0) is 9.59 Å². The third-order valence-corrected chi connectivity index (χ3v) is 7.03. The van der Waals surface area contributed by atoms with Gasteiger partial charge in [-0.1, -0.05) is 45.9 Å². The average molecular weight is 511 g/mol. The highest BCUT2D eigenvalue weighted by molar-refractivity contribution is 5.79. The lowest BCUT2D eigenvalue weighted by molar-refractivity contribution is -0.144. The number of carbonyl (C=O) groups excluding carboxylic acids is 1. The number of ether oxygens (including phenoxy) is 3. The molecular weight excluding hydrogens is 472 g/mol. The standard InChI is InChI=1S/C29H38N2O6/c1-18(2)13-30(14-19(3)4)26(32)16-31-15-23(21-8-11-24-25(12-21)37-17-36-24)27(29(33)34)28(31)20-6-9-22(35-5)10-7-20/h6-12,18-19,23,27-28H,13-17H2,1-5H3,(H,33,34)/t23?,27-,28+/m0/s1. The van der Waals surface area contributed by atoms with Crippen LogP contribution < -0.4 is 14.2 Å². The van der Waals surface area contributed by atoms with Crippen LogP contribution in [0.1, 0.15) is 50.8 Å². The van der Waals surface area contributed by atoms with Gasteiger partial charge in [0.25, 0.3) is 0 Å². The molecular formula is C29H38N2O6. The Bertz CT molecular complexity index is 1090. The topological polar surface area (TPSA) is 88.5 Å². The second-order valence-corrected chi connectivity index (χ2v) is 10.8. The Labute approximate surface area is 219 Å². The summed E-state index contributed by atoms with van der Waals surface area (Å²) >= 11 is 0.